The maximum atomic E-state index is 8.19. The topological polar surface area (TPSA) is 19.4 Å². The van der Waals surface area contributed by atoms with Gasteiger partial charge in [-0.05, 0) is 265 Å². The van der Waals surface area contributed by atoms with Crippen LogP contribution in [0.25, 0.3) is 56.3 Å². The van der Waals surface area contributed by atoms with Gasteiger partial charge < -0.3 is 0 Å². The molecule has 10 aromatic rings. The zero-order valence-electron chi connectivity index (χ0n) is 72.6. The molecule has 0 radical (unpaired) electrons. The second-order valence-corrected chi connectivity index (χ2v) is 25.4. The Bertz CT molecular complexity index is 4760. The zero-order chi connectivity index (χ0) is 78.7. The lowest BCUT2D eigenvalue weighted by molar-refractivity contribution is -0.661. The summed E-state index contributed by atoms with van der Waals surface area (Å²) in [5.74, 6) is -0.0492. The van der Waals surface area contributed by atoms with E-state index in [4.69, 9.17) is 19.2 Å². The van der Waals surface area contributed by atoms with E-state index in [0.29, 0.717) is 33.4 Å². The smallest absolute Gasteiger partial charge is 0.201 e. The van der Waals surface area contributed by atoms with Crippen LogP contribution in [0.3, 0.4) is 0 Å². The molecule has 5 heterocycles. The molecule has 5 nitrogen and oxygen atoms in total. The fourth-order valence-electron chi connectivity index (χ4n) is 11.7. The summed E-state index contributed by atoms with van der Waals surface area (Å²) in [7, 11) is 9.83. The van der Waals surface area contributed by atoms with Gasteiger partial charge in [0.15, 0.2) is 31.0 Å². The van der Waals surface area contributed by atoms with Gasteiger partial charge in [0.1, 0.15) is 35.2 Å². The molecule has 0 saturated carbocycles. The van der Waals surface area contributed by atoms with Crippen molar-refractivity contribution in [1.29, 1.82) is 0 Å². The lowest BCUT2D eigenvalue weighted by Gasteiger charge is -2.11. The van der Waals surface area contributed by atoms with Gasteiger partial charge in [-0.3, -0.25) is 0 Å². The van der Waals surface area contributed by atoms with Crippen molar-refractivity contribution < 1.29 is 42.0 Å². The van der Waals surface area contributed by atoms with Crippen molar-refractivity contribution in [2.45, 2.75) is 165 Å². The first-order chi connectivity index (χ1) is 47.8. The summed E-state index contributed by atoms with van der Waals surface area (Å²) in [6, 6.07) is 36.2. The third kappa shape index (κ3) is 17.2. The highest BCUT2D eigenvalue weighted by Crippen LogP contribution is 2.31. The molecule has 470 valence electrons. The van der Waals surface area contributed by atoms with Crippen LogP contribution in [0.2, 0.25) is 0 Å². The van der Waals surface area contributed by atoms with Crippen molar-refractivity contribution in [3.8, 4) is 56.3 Å². The molecule has 0 N–H and O–H groups in total. The van der Waals surface area contributed by atoms with E-state index in [1.165, 1.54) is 89.3 Å². The molecule has 5 aromatic heterocycles. The van der Waals surface area contributed by atoms with E-state index in [1.54, 1.807) is 73.7 Å². The van der Waals surface area contributed by atoms with Crippen LogP contribution in [0.1, 0.15) is 155 Å². The molecule has 0 atom stereocenters. The summed E-state index contributed by atoms with van der Waals surface area (Å²) in [4.78, 5) is 0. The van der Waals surface area contributed by atoms with Crippen LogP contribution in [-0.4, -0.2) is 0 Å². The standard InChI is InChI=1S/5C17H22N/c2*1-11-7-13(3)17(14(4)8-11)16-9-12(2)15(5)10-18(16)6;2*1-11-7-8-16(15(5)14(11)4)17-9-12(2)13(3)10-18(17)6;1-13(2)11-15-9-10-17(18(4)12-15)16-8-6-5-7-14(16)3/h4*7-10H,1-6H3;5-10,12-13H,11H2,1-4H3/q5*+1/i1D3,5D3;;1D3,3D3;;11D2. The normalized spacial score (nSPS) is 13.8. The molecule has 0 spiro atoms. The van der Waals surface area contributed by atoms with E-state index in [2.05, 4.69) is 160 Å². The van der Waals surface area contributed by atoms with Crippen LogP contribution in [0.4, 0.5) is 0 Å². The molecule has 0 aliphatic rings. The van der Waals surface area contributed by atoms with Crippen molar-refractivity contribution in [2.75, 3.05) is 0 Å². The van der Waals surface area contributed by atoms with Crippen molar-refractivity contribution in [3.63, 3.8) is 0 Å². The maximum absolute atomic E-state index is 8.19. The monoisotopic (exact) mass is 1210 g/mol. The van der Waals surface area contributed by atoms with E-state index in [1.807, 2.05) is 95.8 Å². The van der Waals surface area contributed by atoms with Gasteiger partial charge >= 0.3 is 0 Å². The molecule has 5 aromatic carbocycles. The fourth-order valence-corrected chi connectivity index (χ4v) is 11.7. The van der Waals surface area contributed by atoms with Crippen LogP contribution in [-0.2, 0) is 41.6 Å². The number of nitrogens with zero attached hydrogens (tertiary/aromatic N) is 5. The van der Waals surface area contributed by atoms with Crippen molar-refractivity contribution >= 4 is 0 Å². The minimum Gasteiger partial charge on any atom is -0.201 e. The first-order valence-corrected chi connectivity index (χ1v) is 31.2. The van der Waals surface area contributed by atoms with Crippen molar-refractivity contribution in [2.24, 2.45) is 41.2 Å². The third-order valence-corrected chi connectivity index (χ3v) is 17.6. The van der Waals surface area contributed by atoms with Gasteiger partial charge in [0.05, 0.1) is 11.1 Å². The molecule has 90 heavy (non-hydrogen) atoms. The molecular weight excluding hydrogens is 1090 g/mol. The van der Waals surface area contributed by atoms with Crippen LogP contribution >= 0.6 is 0 Å². The van der Waals surface area contributed by atoms with Gasteiger partial charge in [0, 0.05) is 94.0 Å². The maximum Gasteiger partial charge on any atom is 0.213 e. The summed E-state index contributed by atoms with van der Waals surface area (Å²) < 4.78 is 118. The van der Waals surface area contributed by atoms with E-state index < -0.39 is 33.8 Å². The Labute approximate surface area is 565 Å². The summed E-state index contributed by atoms with van der Waals surface area (Å²) in [5, 5.41) is 0. The van der Waals surface area contributed by atoms with Crippen LogP contribution in [0, 0.1) is 151 Å². The summed E-state index contributed by atoms with van der Waals surface area (Å²) in [6.45, 7) is 30.2. The van der Waals surface area contributed by atoms with Gasteiger partial charge in [0.2, 0.25) is 28.5 Å². The minimum atomic E-state index is -2.16. The zero-order valence-corrected chi connectivity index (χ0v) is 58.6. The molecule has 0 amide bonds. The molecule has 0 unspecified atom stereocenters. The molecule has 10 rings (SSSR count). The Morgan fingerprint density at radius 1 is 0.300 bits per heavy atom. The van der Waals surface area contributed by atoms with Gasteiger partial charge in [0.25, 0.3) is 0 Å². The van der Waals surface area contributed by atoms with E-state index in [-0.39, 0.29) is 5.92 Å². The first-order valence-electron chi connectivity index (χ1n) is 38.2. The van der Waals surface area contributed by atoms with Crippen molar-refractivity contribution in [3.05, 3.63) is 263 Å². The predicted octanol–water partition coefficient (Wildman–Crippen LogP) is 18.6. The lowest BCUT2D eigenvalue weighted by atomic mass is 9.95. The van der Waals surface area contributed by atoms with Crippen LogP contribution in [0.5, 0.6) is 0 Å². The molecular formula is C85H110N5+5. The van der Waals surface area contributed by atoms with Crippen LogP contribution < -0.4 is 22.8 Å². The minimum absolute atomic E-state index is 0.0492. The lowest BCUT2D eigenvalue weighted by Crippen LogP contribution is -2.31. The Morgan fingerprint density at radius 3 is 1.10 bits per heavy atom. The number of pyridine rings is 5. The predicted molar refractivity (Wildman–Crippen MR) is 383 cm³/mol. The van der Waals surface area contributed by atoms with Gasteiger partial charge in [-0.15, -0.1) is 0 Å². The quantitative estimate of drug-likeness (QED) is 0.142. The molecule has 0 aliphatic carbocycles. The second-order valence-electron chi connectivity index (χ2n) is 25.4. The number of aromatic nitrogens is 5. The van der Waals surface area contributed by atoms with E-state index in [0.717, 1.165) is 56.0 Å². The summed E-state index contributed by atoms with van der Waals surface area (Å²) >= 11 is 0. The van der Waals surface area contributed by atoms with Gasteiger partial charge in [-0.25, -0.2) is 22.8 Å². The number of hydrogen-bond donors (Lipinski definition) is 0. The average molecular weight is 1220 g/mol. The molecule has 0 aliphatic heterocycles. The van der Waals surface area contributed by atoms with Crippen molar-refractivity contribution in [1.82, 2.24) is 0 Å². The van der Waals surface area contributed by atoms with E-state index >= 15 is 0 Å². The number of aryl methyl sites for hydroxylation is 22. The average Bonchev–Trinajstić information content (AvgIpc) is 0.779. The molecule has 0 saturated heterocycles. The Balaban J connectivity index is 0.000000205. The summed E-state index contributed by atoms with van der Waals surface area (Å²) in [6.07, 6.45) is 8.28. The third-order valence-electron chi connectivity index (χ3n) is 17.6. The number of benzene rings is 5. The molecule has 0 fully saturated rings. The van der Waals surface area contributed by atoms with Gasteiger partial charge in [-0.1, -0.05) is 79.6 Å². The number of rotatable bonds is 7. The Hall–Kier alpha value is -8.15. The second kappa shape index (κ2) is 30.6. The Kier molecular flexibility index (Phi) is 17.9. The molecule has 5 heteroatoms. The number of hydrogen-bond acceptors (Lipinski definition) is 0. The largest absolute Gasteiger partial charge is 0.213 e. The highest BCUT2D eigenvalue weighted by molar-refractivity contribution is 5.69. The Morgan fingerprint density at radius 2 is 0.678 bits per heavy atom. The SMILES string of the molecule is Cc1cc(-c2ccc(C)c(C)c2C)[n+](C)cc1C.Cc1cc(C)c(-c2cc(C)c(C)c[n+]2C)c(C)c1.[2H]C([2H])([2H])c1c[n+](C)c(-c2ccc(C([2H])([2H])[2H])c(C)c2C)cc1C.[2H]C([2H])([2H])c1cc(C)c(-c2cc(C)c(C([2H])([2H])[2H])c[n+]2C)c(C)c1.[2H]C([2H])(c1ccc(-c2ccccc2C)[n+](C)c1)C(C)C. The first kappa shape index (κ1) is 52.6. The highest BCUT2D eigenvalue weighted by Gasteiger charge is 2.21. The van der Waals surface area contributed by atoms with E-state index in [9.17, 15) is 0 Å². The molecule has 0 bridgehead atoms. The summed E-state index contributed by atoms with van der Waals surface area (Å²) in [5.41, 5.74) is 32.7. The highest BCUT2D eigenvalue weighted by atomic mass is 14.9. The fraction of sp³-hybridized carbons (Fsp3) is 0.353. The van der Waals surface area contributed by atoms with Gasteiger partial charge in [-0.2, -0.15) is 0 Å². The van der Waals surface area contributed by atoms with Crippen LogP contribution in [0.15, 0.2) is 140 Å².